The molecule has 2 saturated heterocycles. The van der Waals surface area contributed by atoms with E-state index in [1.165, 1.54) is 0 Å². The number of amides is 1. The van der Waals surface area contributed by atoms with Crippen LogP contribution in [-0.4, -0.2) is 75.5 Å². The minimum absolute atomic E-state index is 0.134. The van der Waals surface area contributed by atoms with Crippen LogP contribution in [0.3, 0.4) is 0 Å². The molecule has 0 spiro atoms. The fourth-order valence-electron chi connectivity index (χ4n) is 3.62. The van der Waals surface area contributed by atoms with Crippen molar-refractivity contribution in [2.45, 2.75) is 43.4 Å². The molecule has 0 atom stereocenters. The third-order valence-corrected chi connectivity index (χ3v) is 7.38. The van der Waals surface area contributed by atoms with E-state index in [4.69, 9.17) is 9.47 Å². The summed E-state index contributed by atoms with van der Waals surface area (Å²) in [6.45, 7) is 2.92. The highest BCUT2D eigenvalue weighted by atomic mass is 32.2. The van der Waals surface area contributed by atoms with Crippen molar-refractivity contribution in [1.29, 1.82) is 0 Å². The molecular formula is C21H30N2O6S. The number of hydrogen-bond acceptors (Lipinski definition) is 6. The van der Waals surface area contributed by atoms with Crippen LogP contribution < -0.4 is 0 Å². The molecule has 0 N–H and O–H groups in total. The van der Waals surface area contributed by atoms with Crippen LogP contribution in [0.25, 0.3) is 0 Å². The Morgan fingerprint density at radius 2 is 1.57 bits per heavy atom. The maximum absolute atomic E-state index is 12.8. The standard InChI is InChI=1S/C21H30N2O6S/c24-20(22-13-15-28-16-14-22)17-29-21(25)10-7-18-5-8-19(9-6-18)30(26,27)23-11-3-1-2-4-12-23/h5-6,8-9H,1-4,7,10-17H2. The summed E-state index contributed by atoms with van der Waals surface area (Å²) in [4.78, 5) is 25.9. The minimum atomic E-state index is -3.47. The van der Waals surface area contributed by atoms with Gasteiger partial charge in [0.2, 0.25) is 10.0 Å². The number of nitrogens with zero attached hydrogens (tertiary/aromatic N) is 2. The van der Waals surface area contributed by atoms with Crippen molar-refractivity contribution >= 4 is 21.9 Å². The van der Waals surface area contributed by atoms with Crippen LogP contribution in [0.2, 0.25) is 0 Å². The molecule has 0 unspecified atom stereocenters. The number of carbonyl (C=O) groups is 2. The predicted octanol–water partition coefficient (Wildman–Crippen LogP) is 1.59. The Bertz CT molecular complexity index is 810. The monoisotopic (exact) mass is 438 g/mol. The van der Waals surface area contributed by atoms with Crippen LogP contribution in [0.15, 0.2) is 29.2 Å². The molecule has 166 valence electrons. The van der Waals surface area contributed by atoms with Gasteiger partial charge in [-0.1, -0.05) is 25.0 Å². The summed E-state index contributed by atoms with van der Waals surface area (Å²) in [6.07, 6.45) is 4.49. The number of sulfonamides is 1. The lowest BCUT2D eigenvalue weighted by Gasteiger charge is -2.26. The Balaban J connectivity index is 1.45. The van der Waals surface area contributed by atoms with E-state index in [-0.39, 0.29) is 23.8 Å². The lowest BCUT2D eigenvalue weighted by atomic mass is 10.1. The summed E-state index contributed by atoms with van der Waals surface area (Å²) in [5.41, 5.74) is 0.848. The van der Waals surface area contributed by atoms with Crippen LogP contribution in [0.4, 0.5) is 0 Å². The Hall–Kier alpha value is -1.97. The molecule has 30 heavy (non-hydrogen) atoms. The summed E-state index contributed by atoms with van der Waals surface area (Å²) in [7, 11) is -3.47. The molecule has 0 aliphatic carbocycles. The van der Waals surface area contributed by atoms with Crippen LogP contribution in [-0.2, 0) is 35.5 Å². The number of ether oxygens (including phenoxy) is 2. The maximum Gasteiger partial charge on any atom is 0.306 e. The molecule has 8 nitrogen and oxygen atoms in total. The lowest BCUT2D eigenvalue weighted by Crippen LogP contribution is -2.42. The number of esters is 1. The zero-order valence-corrected chi connectivity index (χ0v) is 18.1. The van der Waals surface area contributed by atoms with Gasteiger partial charge in [-0.2, -0.15) is 4.31 Å². The Morgan fingerprint density at radius 1 is 0.933 bits per heavy atom. The van der Waals surface area contributed by atoms with Crippen molar-refractivity contribution in [2.24, 2.45) is 0 Å². The van der Waals surface area contributed by atoms with Crippen LogP contribution in [0.1, 0.15) is 37.7 Å². The van der Waals surface area contributed by atoms with Gasteiger partial charge in [-0.05, 0) is 37.0 Å². The van der Waals surface area contributed by atoms with Gasteiger partial charge < -0.3 is 14.4 Å². The molecule has 0 saturated carbocycles. The number of morpholine rings is 1. The average Bonchev–Trinajstić information content (AvgIpc) is 3.07. The van der Waals surface area contributed by atoms with Crippen LogP contribution in [0, 0.1) is 0 Å². The zero-order chi connectivity index (χ0) is 21.4. The SMILES string of the molecule is O=C(CCc1ccc(S(=O)(=O)N2CCCCCC2)cc1)OCC(=O)N1CCOCC1. The second-order valence-corrected chi connectivity index (χ2v) is 9.55. The Morgan fingerprint density at radius 3 is 2.20 bits per heavy atom. The second kappa shape index (κ2) is 10.9. The fourth-order valence-corrected chi connectivity index (χ4v) is 5.14. The van der Waals surface area contributed by atoms with Gasteiger partial charge in [0.25, 0.3) is 5.91 Å². The highest BCUT2D eigenvalue weighted by Gasteiger charge is 2.25. The van der Waals surface area contributed by atoms with E-state index in [2.05, 4.69) is 0 Å². The van der Waals surface area contributed by atoms with E-state index in [9.17, 15) is 18.0 Å². The van der Waals surface area contributed by atoms with E-state index < -0.39 is 16.0 Å². The van der Waals surface area contributed by atoms with Crippen molar-refractivity contribution in [3.8, 4) is 0 Å². The Labute approximate surface area is 178 Å². The normalized spacial score (nSPS) is 18.6. The number of rotatable bonds is 7. The molecule has 2 aliphatic rings. The van der Waals surface area contributed by atoms with Crippen molar-refractivity contribution in [2.75, 3.05) is 46.0 Å². The third kappa shape index (κ3) is 6.26. The Kier molecular flexibility index (Phi) is 8.24. The number of hydrogen-bond donors (Lipinski definition) is 0. The van der Waals surface area contributed by atoms with Crippen molar-refractivity contribution in [3.63, 3.8) is 0 Å². The average molecular weight is 439 g/mol. The van der Waals surface area contributed by atoms with Crippen molar-refractivity contribution in [1.82, 2.24) is 9.21 Å². The van der Waals surface area contributed by atoms with E-state index in [1.807, 2.05) is 0 Å². The van der Waals surface area contributed by atoms with E-state index in [0.717, 1.165) is 31.2 Å². The van der Waals surface area contributed by atoms with Gasteiger partial charge in [0, 0.05) is 32.6 Å². The molecule has 2 fully saturated rings. The van der Waals surface area contributed by atoms with E-state index in [1.54, 1.807) is 33.5 Å². The number of benzene rings is 1. The van der Waals surface area contributed by atoms with Gasteiger partial charge in [-0.15, -0.1) is 0 Å². The number of carbonyl (C=O) groups excluding carboxylic acids is 2. The quantitative estimate of drug-likeness (QED) is 0.600. The largest absolute Gasteiger partial charge is 0.456 e. The topological polar surface area (TPSA) is 93.2 Å². The molecule has 9 heteroatoms. The molecule has 3 rings (SSSR count). The number of aryl methyl sites for hydroxylation is 1. The summed E-state index contributed by atoms with van der Waals surface area (Å²) in [6, 6.07) is 6.67. The molecule has 2 heterocycles. The van der Waals surface area contributed by atoms with Gasteiger partial charge in [0.1, 0.15) is 0 Å². The first-order valence-corrected chi connectivity index (χ1v) is 12.0. The highest BCUT2D eigenvalue weighted by molar-refractivity contribution is 7.89. The molecule has 0 radical (unpaired) electrons. The summed E-state index contributed by atoms with van der Waals surface area (Å²) in [5.74, 6) is -0.660. The minimum Gasteiger partial charge on any atom is -0.456 e. The molecule has 1 amide bonds. The summed E-state index contributed by atoms with van der Waals surface area (Å²) in [5, 5.41) is 0. The summed E-state index contributed by atoms with van der Waals surface area (Å²) >= 11 is 0. The third-order valence-electron chi connectivity index (χ3n) is 5.46. The zero-order valence-electron chi connectivity index (χ0n) is 17.3. The molecule has 0 bridgehead atoms. The predicted molar refractivity (Wildman–Crippen MR) is 110 cm³/mol. The van der Waals surface area contributed by atoms with Gasteiger partial charge in [0.15, 0.2) is 6.61 Å². The second-order valence-electron chi connectivity index (χ2n) is 7.62. The van der Waals surface area contributed by atoms with E-state index >= 15 is 0 Å². The van der Waals surface area contributed by atoms with E-state index in [0.29, 0.717) is 45.8 Å². The fraction of sp³-hybridized carbons (Fsp3) is 0.619. The first-order valence-electron chi connectivity index (χ1n) is 10.6. The van der Waals surface area contributed by atoms with Gasteiger partial charge >= 0.3 is 5.97 Å². The van der Waals surface area contributed by atoms with Crippen molar-refractivity contribution < 1.29 is 27.5 Å². The first-order chi connectivity index (χ1) is 14.5. The highest BCUT2D eigenvalue weighted by Crippen LogP contribution is 2.21. The van der Waals surface area contributed by atoms with Gasteiger partial charge in [-0.25, -0.2) is 8.42 Å². The molecule has 1 aromatic carbocycles. The van der Waals surface area contributed by atoms with Crippen LogP contribution >= 0.6 is 0 Å². The lowest BCUT2D eigenvalue weighted by molar-refractivity contribution is -0.153. The van der Waals surface area contributed by atoms with Crippen LogP contribution in [0.5, 0.6) is 0 Å². The van der Waals surface area contributed by atoms with Crippen molar-refractivity contribution in [3.05, 3.63) is 29.8 Å². The maximum atomic E-state index is 12.8. The van der Waals surface area contributed by atoms with Gasteiger partial charge in [-0.3, -0.25) is 9.59 Å². The van der Waals surface area contributed by atoms with Gasteiger partial charge in [0.05, 0.1) is 18.1 Å². The smallest absolute Gasteiger partial charge is 0.306 e. The molecule has 0 aromatic heterocycles. The summed E-state index contributed by atoms with van der Waals surface area (Å²) < 4.78 is 37.4. The molecular weight excluding hydrogens is 408 g/mol. The molecule has 1 aromatic rings. The first kappa shape index (κ1) is 22.7. The molecule has 2 aliphatic heterocycles.